The van der Waals surface area contributed by atoms with Crippen molar-refractivity contribution in [3.05, 3.63) is 15.9 Å². The van der Waals surface area contributed by atoms with E-state index in [0.717, 1.165) is 3.79 Å². The molecule has 1 aliphatic heterocycles. The van der Waals surface area contributed by atoms with E-state index in [9.17, 15) is 13.2 Å². The normalized spacial score (nSPS) is 19.9. The van der Waals surface area contributed by atoms with Crippen molar-refractivity contribution >= 4 is 43.3 Å². The first-order chi connectivity index (χ1) is 9.32. The number of hydrogen-bond acceptors (Lipinski definition) is 4. The van der Waals surface area contributed by atoms with Crippen molar-refractivity contribution in [2.24, 2.45) is 11.8 Å². The molecular formula is C12H16BrNO4S2. The third-order valence-electron chi connectivity index (χ3n) is 3.74. The van der Waals surface area contributed by atoms with Crippen molar-refractivity contribution in [2.45, 2.75) is 24.0 Å². The largest absolute Gasteiger partial charge is 0.481 e. The van der Waals surface area contributed by atoms with Gasteiger partial charge in [0.25, 0.3) is 10.0 Å². The Bertz CT molecular complexity index is 590. The van der Waals surface area contributed by atoms with Crippen LogP contribution in [0.5, 0.6) is 0 Å². The molecule has 1 aromatic heterocycles. The summed E-state index contributed by atoms with van der Waals surface area (Å²) in [5.41, 5.74) is 0. The Morgan fingerprint density at radius 1 is 1.45 bits per heavy atom. The highest BCUT2D eigenvalue weighted by Crippen LogP contribution is 2.32. The van der Waals surface area contributed by atoms with Crippen LogP contribution in [0.2, 0.25) is 0 Å². The lowest BCUT2D eigenvalue weighted by Crippen LogP contribution is -2.40. The lowest BCUT2D eigenvalue weighted by atomic mass is 9.86. The maximum absolute atomic E-state index is 12.4. The highest BCUT2D eigenvalue weighted by Gasteiger charge is 2.33. The van der Waals surface area contributed by atoms with Crippen LogP contribution in [-0.4, -0.2) is 36.9 Å². The summed E-state index contributed by atoms with van der Waals surface area (Å²) in [7, 11) is -3.44. The summed E-state index contributed by atoms with van der Waals surface area (Å²) >= 11 is 4.46. The SMILES string of the molecule is CC(C(=O)O)C1CCN(S(=O)(=O)c2ccc(Br)s2)CC1. The van der Waals surface area contributed by atoms with Gasteiger partial charge >= 0.3 is 5.97 Å². The van der Waals surface area contributed by atoms with Crippen LogP contribution in [0.25, 0.3) is 0 Å². The Hall–Kier alpha value is -0.440. The predicted octanol–water partition coefficient (Wildman–Crippen LogP) is 2.63. The third-order valence-corrected chi connectivity index (χ3v) is 7.73. The quantitative estimate of drug-likeness (QED) is 0.869. The number of aliphatic carboxylic acids is 1. The van der Waals surface area contributed by atoms with E-state index in [1.807, 2.05) is 0 Å². The Morgan fingerprint density at radius 2 is 2.05 bits per heavy atom. The summed E-state index contributed by atoms with van der Waals surface area (Å²) in [6.45, 7) is 2.47. The van der Waals surface area contributed by atoms with E-state index in [0.29, 0.717) is 30.1 Å². The minimum Gasteiger partial charge on any atom is -0.481 e. The van der Waals surface area contributed by atoms with Crippen molar-refractivity contribution < 1.29 is 18.3 Å². The molecule has 1 unspecified atom stereocenters. The minimum atomic E-state index is -3.44. The maximum atomic E-state index is 12.4. The fraction of sp³-hybridized carbons (Fsp3) is 0.583. The zero-order valence-electron chi connectivity index (χ0n) is 11.0. The van der Waals surface area contributed by atoms with E-state index in [4.69, 9.17) is 5.11 Å². The number of nitrogens with zero attached hydrogens (tertiary/aromatic N) is 1. The third kappa shape index (κ3) is 3.24. The molecule has 1 saturated heterocycles. The lowest BCUT2D eigenvalue weighted by Gasteiger charge is -2.32. The molecule has 2 rings (SSSR count). The molecule has 1 N–H and O–H groups in total. The number of rotatable bonds is 4. The number of piperidine rings is 1. The van der Waals surface area contributed by atoms with Crippen LogP contribution >= 0.6 is 27.3 Å². The molecule has 1 aliphatic rings. The number of halogens is 1. The predicted molar refractivity (Wildman–Crippen MR) is 80.3 cm³/mol. The molecule has 0 amide bonds. The molecule has 1 atom stereocenters. The van der Waals surface area contributed by atoms with Crippen LogP contribution < -0.4 is 0 Å². The van der Waals surface area contributed by atoms with Crippen molar-refractivity contribution in [1.82, 2.24) is 4.31 Å². The monoisotopic (exact) mass is 381 g/mol. The Kier molecular flexibility index (Phi) is 4.88. The van der Waals surface area contributed by atoms with Gasteiger partial charge in [0.05, 0.1) is 9.70 Å². The van der Waals surface area contributed by atoms with Crippen molar-refractivity contribution in [1.29, 1.82) is 0 Å². The van der Waals surface area contributed by atoms with Crippen LogP contribution in [0.3, 0.4) is 0 Å². The van der Waals surface area contributed by atoms with E-state index < -0.39 is 21.9 Å². The van der Waals surface area contributed by atoms with Crippen LogP contribution in [0.15, 0.2) is 20.1 Å². The van der Waals surface area contributed by atoms with Gasteiger partial charge in [-0.2, -0.15) is 4.31 Å². The first-order valence-corrected chi connectivity index (χ1v) is 9.35. The molecule has 0 aromatic carbocycles. The molecule has 0 spiro atoms. The zero-order valence-corrected chi connectivity index (χ0v) is 14.2. The van der Waals surface area contributed by atoms with Gasteiger partial charge < -0.3 is 5.11 Å². The second-order valence-electron chi connectivity index (χ2n) is 4.93. The molecule has 1 aromatic rings. The highest BCUT2D eigenvalue weighted by atomic mass is 79.9. The lowest BCUT2D eigenvalue weighted by molar-refractivity contribution is -0.143. The number of hydrogen-bond donors (Lipinski definition) is 1. The summed E-state index contributed by atoms with van der Waals surface area (Å²) in [5, 5.41) is 9.01. The molecule has 0 bridgehead atoms. The van der Waals surface area contributed by atoms with Gasteiger partial charge in [0.1, 0.15) is 4.21 Å². The standard InChI is InChI=1S/C12H16BrNO4S2/c1-8(12(15)16)9-4-6-14(7-5-9)20(17,18)11-3-2-10(13)19-11/h2-3,8-9H,4-7H2,1H3,(H,15,16). The first kappa shape index (κ1) is 15.9. The number of carboxylic acids is 1. The molecule has 0 saturated carbocycles. The first-order valence-electron chi connectivity index (χ1n) is 6.30. The van der Waals surface area contributed by atoms with E-state index in [2.05, 4.69) is 15.9 Å². The molecule has 0 radical (unpaired) electrons. The van der Waals surface area contributed by atoms with Gasteiger partial charge in [0, 0.05) is 13.1 Å². The van der Waals surface area contributed by atoms with E-state index in [1.54, 1.807) is 19.1 Å². The van der Waals surface area contributed by atoms with Gasteiger partial charge in [0.2, 0.25) is 0 Å². The van der Waals surface area contributed by atoms with Gasteiger partial charge in [-0.1, -0.05) is 6.92 Å². The van der Waals surface area contributed by atoms with Crippen LogP contribution in [0.1, 0.15) is 19.8 Å². The van der Waals surface area contributed by atoms with Crippen LogP contribution in [0.4, 0.5) is 0 Å². The summed E-state index contributed by atoms with van der Waals surface area (Å²) in [6, 6.07) is 3.31. The van der Waals surface area contributed by atoms with E-state index >= 15 is 0 Å². The second-order valence-corrected chi connectivity index (χ2v) is 9.55. The van der Waals surface area contributed by atoms with Crippen LogP contribution in [0, 0.1) is 11.8 Å². The average molecular weight is 382 g/mol. The van der Waals surface area contributed by atoms with Gasteiger partial charge in [-0.25, -0.2) is 8.42 Å². The second kappa shape index (κ2) is 6.13. The molecule has 112 valence electrons. The summed E-state index contributed by atoms with van der Waals surface area (Å²) in [5.74, 6) is -1.18. The fourth-order valence-electron chi connectivity index (χ4n) is 2.38. The Labute approximate surface area is 130 Å². The molecular weight excluding hydrogens is 366 g/mol. The summed E-state index contributed by atoms with van der Waals surface area (Å²) in [4.78, 5) is 11.0. The van der Waals surface area contributed by atoms with Crippen LogP contribution in [-0.2, 0) is 14.8 Å². The van der Waals surface area contributed by atoms with Gasteiger partial charge in [-0.3, -0.25) is 4.79 Å². The zero-order chi connectivity index (χ0) is 14.9. The molecule has 5 nitrogen and oxygen atoms in total. The number of sulfonamides is 1. The minimum absolute atomic E-state index is 0.0500. The Balaban J connectivity index is 2.05. The summed E-state index contributed by atoms with van der Waals surface area (Å²) in [6.07, 6.45) is 1.19. The fourth-order valence-corrected chi connectivity index (χ4v) is 6.02. The average Bonchev–Trinajstić information content (AvgIpc) is 2.85. The van der Waals surface area contributed by atoms with Gasteiger partial charge in [-0.15, -0.1) is 11.3 Å². The smallest absolute Gasteiger partial charge is 0.306 e. The molecule has 0 aliphatic carbocycles. The maximum Gasteiger partial charge on any atom is 0.306 e. The topological polar surface area (TPSA) is 74.7 Å². The van der Waals surface area contributed by atoms with Crippen molar-refractivity contribution in [2.75, 3.05) is 13.1 Å². The number of carbonyl (C=O) groups is 1. The highest BCUT2D eigenvalue weighted by molar-refractivity contribution is 9.11. The molecule has 1 fully saturated rings. The van der Waals surface area contributed by atoms with E-state index in [1.165, 1.54) is 15.6 Å². The number of thiophene rings is 1. The van der Waals surface area contributed by atoms with E-state index in [-0.39, 0.29) is 5.92 Å². The summed E-state index contributed by atoms with van der Waals surface area (Å²) < 4.78 is 27.4. The number of carboxylic acid groups (broad SMARTS) is 1. The molecule has 20 heavy (non-hydrogen) atoms. The van der Waals surface area contributed by atoms with Gasteiger partial charge in [-0.05, 0) is 46.8 Å². The Morgan fingerprint density at radius 3 is 2.50 bits per heavy atom. The van der Waals surface area contributed by atoms with Gasteiger partial charge in [0.15, 0.2) is 0 Å². The van der Waals surface area contributed by atoms with Crippen molar-refractivity contribution in [3.8, 4) is 0 Å². The molecule has 2 heterocycles. The molecule has 8 heteroatoms. The van der Waals surface area contributed by atoms with Crippen molar-refractivity contribution in [3.63, 3.8) is 0 Å².